The fourth-order valence-electron chi connectivity index (χ4n) is 4.30. The monoisotopic (exact) mass is 433 g/mol. The van der Waals surface area contributed by atoms with Crippen LogP contribution in [0.1, 0.15) is 41.3 Å². The topological polar surface area (TPSA) is 57.2 Å². The van der Waals surface area contributed by atoms with Gasteiger partial charge in [0.25, 0.3) is 0 Å². The number of hydrogen-bond acceptors (Lipinski definition) is 2. The van der Waals surface area contributed by atoms with E-state index in [1.807, 2.05) is 66.7 Å². The molecule has 0 saturated carbocycles. The van der Waals surface area contributed by atoms with Crippen LogP contribution in [0.2, 0.25) is 0 Å². The fraction of sp³-hybridized carbons (Fsp3) is 0.138. The minimum atomic E-state index is -0.436. The number of rotatable bonds is 6. The van der Waals surface area contributed by atoms with E-state index in [1.165, 1.54) is 5.56 Å². The molecule has 0 atom stereocenters. The second-order valence-corrected chi connectivity index (χ2v) is 8.52. The van der Waals surface area contributed by atoms with Gasteiger partial charge in [-0.05, 0) is 53.9 Å². The van der Waals surface area contributed by atoms with E-state index < -0.39 is 5.91 Å². The molecular formula is C29H25N2O2. The first-order valence-electron chi connectivity index (χ1n) is 11.1. The average Bonchev–Trinajstić information content (AvgIpc) is 3.14. The van der Waals surface area contributed by atoms with Crippen LogP contribution in [0.3, 0.4) is 0 Å². The van der Waals surface area contributed by atoms with Crippen LogP contribution in [0, 0.1) is 6.07 Å². The maximum Gasteiger partial charge on any atom is 0.249 e. The summed E-state index contributed by atoms with van der Waals surface area (Å²) in [7, 11) is 0. The lowest BCUT2D eigenvalue weighted by Gasteiger charge is -2.14. The van der Waals surface area contributed by atoms with E-state index in [0.29, 0.717) is 18.0 Å². The second kappa shape index (κ2) is 8.47. The van der Waals surface area contributed by atoms with E-state index >= 15 is 0 Å². The minimum absolute atomic E-state index is 0.362. The highest BCUT2D eigenvalue weighted by Gasteiger charge is 2.18. The van der Waals surface area contributed by atoms with Crippen LogP contribution in [0.5, 0.6) is 11.5 Å². The number of aromatic nitrogens is 1. The fourth-order valence-corrected chi connectivity index (χ4v) is 4.30. The summed E-state index contributed by atoms with van der Waals surface area (Å²) in [4.78, 5) is 12.2. The first-order chi connectivity index (χ1) is 16.0. The maximum atomic E-state index is 12.2. The van der Waals surface area contributed by atoms with Gasteiger partial charge >= 0.3 is 0 Å². The van der Waals surface area contributed by atoms with Crippen LogP contribution in [0.25, 0.3) is 21.8 Å². The van der Waals surface area contributed by atoms with Crippen LogP contribution in [-0.4, -0.2) is 10.5 Å². The Labute approximate surface area is 193 Å². The standard InChI is InChI=1S/C29H25N2O2/c1-19(2)20-15-16-23-26(17-20)31(25-13-8-12-24(28(23)25)29(30)32)18-21-9-6-7-14-27(21)33-22-10-4-3-5-11-22/h3-15,17,19H,18H2,1-2H3,(H2,30,32). The summed E-state index contributed by atoms with van der Waals surface area (Å²) < 4.78 is 8.44. The molecule has 0 bridgehead atoms. The van der Waals surface area contributed by atoms with Crippen molar-refractivity contribution in [2.45, 2.75) is 26.3 Å². The van der Waals surface area contributed by atoms with Gasteiger partial charge in [0, 0.05) is 21.9 Å². The Morgan fingerprint density at radius 3 is 2.48 bits per heavy atom. The van der Waals surface area contributed by atoms with E-state index in [9.17, 15) is 4.79 Å². The number of carbonyl (C=O) groups is 1. The number of benzene rings is 4. The molecular weight excluding hydrogens is 408 g/mol. The number of para-hydroxylation sites is 2. The Kier molecular flexibility index (Phi) is 5.35. The number of primary amides is 1. The lowest BCUT2D eigenvalue weighted by molar-refractivity contribution is 0.100. The molecule has 1 aromatic heterocycles. The van der Waals surface area contributed by atoms with Crippen molar-refractivity contribution in [1.29, 1.82) is 0 Å². The molecule has 4 aromatic carbocycles. The van der Waals surface area contributed by atoms with Crippen LogP contribution < -0.4 is 10.5 Å². The molecule has 5 aromatic rings. The molecule has 163 valence electrons. The molecule has 0 aliphatic rings. The summed E-state index contributed by atoms with van der Waals surface area (Å²) in [5, 5.41) is 1.75. The van der Waals surface area contributed by atoms with Crippen molar-refractivity contribution in [1.82, 2.24) is 4.57 Å². The third-order valence-electron chi connectivity index (χ3n) is 6.02. The van der Waals surface area contributed by atoms with Crippen molar-refractivity contribution in [2.75, 3.05) is 0 Å². The zero-order chi connectivity index (χ0) is 22.9. The number of ether oxygens (including phenoxy) is 1. The van der Waals surface area contributed by atoms with Gasteiger partial charge in [-0.2, -0.15) is 0 Å². The van der Waals surface area contributed by atoms with E-state index in [0.717, 1.165) is 38.9 Å². The quantitative estimate of drug-likeness (QED) is 0.326. The van der Waals surface area contributed by atoms with Crippen LogP contribution in [0.4, 0.5) is 0 Å². The first-order valence-corrected chi connectivity index (χ1v) is 11.1. The normalized spacial score (nSPS) is 11.4. The lowest BCUT2D eigenvalue weighted by Crippen LogP contribution is -2.11. The number of hydrogen-bond donors (Lipinski definition) is 1. The summed E-state index contributed by atoms with van der Waals surface area (Å²) >= 11 is 0. The number of fused-ring (bicyclic) bond motifs is 3. The predicted octanol–water partition coefficient (Wildman–Crippen LogP) is 6.66. The Morgan fingerprint density at radius 1 is 0.970 bits per heavy atom. The van der Waals surface area contributed by atoms with E-state index in [4.69, 9.17) is 10.5 Å². The van der Waals surface area contributed by atoms with Crippen LogP contribution >= 0.6 is 0 Å². The lowest BCUT2D eigenvalue weighted by atomic mass is 10.00. The van der Waals surface area contributed by atoms with Gasteiger partial charge in [-0.1, -0.05) is 62.4 Å². The van der Waals surface area contributed by atoms with Gasteiger partial charge in [-0.3, -0.25) is 4.79 Å². The van der Waals surface area contributed by atoms with Gasteiger partial charge in [0.2, 0.25) is 5.91 Å². The molecule has 5 rings (SSSR count). The highest BCUT2D eigenvalue weighted by Crippen LogP contribution is 2.35. The summed E-state index contributed by atoms with van der Waals surface area (Å²) in [6.07, 6.45) is 0. The van der Waals surface area contributed by atoms with Crippen molar-refractivity contribution in [2.24, 2.45) is 5.73 Å². The Balaban J connectivity index is 1.71. The summed E-state index contributed by atoms with van der Waals surface area (Å²) in [5.41, 5.74) is 10.5. The average molecular weight is 434 g/mol. The molecule has 1 radical (unpaired) electrons. The molecule has 0 spiro atoms. The highest BCUT2D eigenvalue weighted by atomic mass is 16.5. The zero-order valence-electron chi connectivity index (χ0n) is 18.7. The summed E-state index contributed by atoms with van der Waals surface area (Å²) in [6.45, 7) is 4.92. The summed E-state index contributed by atoms with van der Waals surface area (Å²) in [5.74, 6) is 1.52. The number of amides is 1. The molecule has 4 nitrogen and oxygen atoms in total. The number of nitrogens with two attached hydrogens (primary N) is 1. The Hall–Kier alpha value is -4.05. The van der Waals surface area contributed by atoms with Crippen LogP contribution in [0.15, 0.2) is 84.9 Å². The van der Waals surface area contributed by atoms with Gasteiger partial charge in [0.1, 0.15) is 11.5 Å². The molecule has 1 heterocycles. The van der Waals surface area contributed by atoms with Crippen molar-refractivity contribution < 1.29 is 9.53 Å². The Bertz CT molecular complexity index is 1470. The third kappa shape index (κ3) is 3.85. The maximum absolute atomic E-state index is 12.2. The largest absolute Gasteiger partial charge is 0.457 e. The molecule has 0 unspecified atom stereocenters. The molecule has 33 heavy (non-hydrogen) atoms. The smallest absolute Gasteiger partial charge is 0.249 e. The molecule has 0 fully saturated rings. The molecule has 0 saturated heterocycles. The van der Waals surface area contributed by atoms with Gasteiger partial charge in [0.05, 0.1) is 17.6 Å². The van der Waals surface area contributed by atoms with Gasteiger partial charge < -0.3 is 15.0 Å². The van der Waals surface area contributed by atoms with E-state index in [2.05, 4.69) is 36.6 Å². The highest BCUT2D eigenvalue weighted by molar-refractivity contribution is 6.17. The zero-order valence-corrected chi connectivity index (χ0v) is 18.7. The molecule has 2 N–H and O–H groups in total. The molecule has 4 heteroatoms. The van der Waals surface area contributed by atoms with Gasteiger partial charge in [-0.25, -0.2) is 0 Å². The van der Waals surface area contributed by atoms with Crippen molar-refractivity contribution in [3.05, 3.63) is 108 Å². The van der Waals surface area contributed by atoms with E-state index in [1.54, 1.807) is 6.07 Å². The number of carbonyl (C=O) groups excluding carboxylic acids is 1. The SMILES string of the molecule is CC(C)c1c[c]c2c3c(C(N)=O)cccc3n(Cc3ccccc3Oc3ccccc3)c2c1. The third-order valence-corrected chi connectivity index (χ3v) is 6.02. The van der Waals surface area contributed by atoms with Crippen LogP contribution in [-0.2, 0) is 6.54 Å². The van der Waals surface area contributed by atoms with Crippen molar-refractivity contribution in [3.8, 4) is 11.5 Å². The minimum Gasteiger partial charge on any atom is -0.457 e. The molecule has 0 aliphatic heterocycles. The first kappa shape index (κ1) is 20.8. The van der Waals surface area contributed by atoms with E-state index in [-0.39, 0.29) is 0 Å². The second-order valence-electron chi connectivity index (χ2n) is 8.52. The molecule has 1 amide bonds. The number of nitrogens with zero attached hydrogens (tertiary/aromatic N) is 1. The van der Waals surface area contributed by atoms with Crippen molar-refractivity contribution >= 4 is 27.7 Å². The Morgan fingerprint density at radius 2 is 1.73 bits per heavy atom. The predicted molar refractivity (Wildman–Crippen MR) is 133 cm³/mol. The molecule has 0 aliphatic carbocycles. The van der Waals surface area contributed by atoms with Gasteiger partial charge in [0.15, 0.2) is 0 Å². The van der Waals surface area contributed by atoms with Gasteiger partial charge in [-0.15, -0.1) is 0 Å². The summed E-state index contributed by atoms with van der Waals surface area (Å²) in [6, 6.07) is 31.2. The van der Waals surface area contributed by atoms with Crippen molar-refractivity contribution in [3.63, 3.8) is 0 Å².